The van der Waals surface area contributed by atoms with Gasteiger partial charge in [-0.15, -0.1) is 0 Å². The van der Waals surface area contributed by atoms with E-state index in [2.05, 4.69) is 21.1 Å². The third-order valence-corrected chi connectivity index (χ3v) is 2.91. The number of hydrogen-bond acceptors (Lipinski definition) is 3. The molecular formula is C12H21N3O. The van der Waals surface area contributed by atoms with Crippen molar-refractivity contribution in [3.8, 4) is 0 Å². The fraction of sp³-hybridized carbons (Fsp3) is 0.750. The van der Waals surface area contributed by atoms with Gasteiger partial charge in [-0.25, -0.2) is 4.98 Å². The molecule has 0 spiro atoms. The molecule has 90 valence electrons. The van der Waals surface area contributed by atoms with Gasteiger partial charge in [0.25, 0.3) is 0 Å². The number of rotatable bonds is 8. The quantitative estimate of drug-likeness (QED) is 0.653. The number of aliphatic hydroxyl groups excluding tert-OH is 1. The molecule has 2 rings (SSSR count). The molecule has 0 aromatic carbocycles. The van der Waals surface area contributed by atoms with Crippen LogP contribution in [0.3, 0.4) is 0 Å². The average Bonchev–Trinajstić information content (AvgIpc) is 3.02. The molecule has 16 heavy (non-hydrogen) atoms. The van der Waals surface area contributed by atoms with E-state index in [-0.39, 0.29) is 0 Å². The van der Waals surface area contributed by atoms with Gasteiger partial charge in [-0.3, -0.25) is 0 Å². The highest BCUT2D eigenvalue weighted by Crippen LogP contribution is 2.18. The largest absolute Gasteiger partial charge is 0.396 e. The van der Waals surface area contributed by atoms with Crippen LogP contribution in [0.5, 0.6) is 0 Å². The third kappa shape index (κ3) is 3.94. The van der Waals surface area contributed by atoms with Gasteiger partial charge in [0.1, 0.15) is 0 Å². The Morgan fingerprint density at radius 1 is 1.38 bits per heavy atom. The molecule has 2 N–H and O–H groups in total. The minimum Gasteiger partial charge on any atom is -0.396 e. The van der Waals surface area contributed by atoms with Crippen molar-refractivity contribution in [2.24, 2.45) is 0 Å². The molecule has 1 aromatic rings. The van der Waals surface area contributed by atoms with Gasteiger partial charge >= 0.3 is 0 Å². The summed E-state index contributed by atoms with van der Waals surface area (Å²) < 4.78 is 2.14. The number of hydrogen-bond donors (Lipinski definition) is 2. The van der Waals surface area contributed by atoms with E-state index in [1.165, 1.54) is 12.8 Å². The van der Waals surface area contributed by atoms with Crippen LogP contribution in [0.1, 0.15) is 37.8 Å². The monoisotopic (exact) mass is 223 g/mol. The van der Waals surface area contributed by atoms with Crippen molar-refractivity contribution in [2.45, 2.75) is 51.2 Å². The summed E-state index contributed by atoms with van der Waals surface area (Å²) in [5.74, 6) is 0. The van der Waals surface area contributed by atoms with Gasteiger partial charge in [-0.2, -0.15) is 0 Å². The predicted molar refractivity (Wildman–Crippen MR) is 63.0 cm³/mol. The smallest absolute Gasteiger partial charge is 0.0949 e. The van der Waals surface area contributed by atoms with E-state index >= 15 is 0 Å². The number of aryl methyl sites for hydroxylation is 1. The summed E-state index contributed by atoms with van der Waals surface area (Å²) in [6, 6.07) is 0.745. The van der Waals surface area contributed by atoms with Crippen molar-refractivity contribution in [1.29, 1.82) is 0 Å². The van der Waals surface area contributed by atoms with Crippen LogP contribution in [0.2, 0.25) is 0 Å². The summed E-state index contributed by atoms with van der Waals surface area (Å²) in [5, 5.41) is 12.1. The number of unbranched alkanes of at least 4 members (excludes halogenated alkanes) is 2. The van der Waals surface area contributed by atoms with Crippen LogP contribution in [-0.4, -0.2) is 27.3 Å². The molecule has 1 saturated carbocycles. The summed E-state index contributed by atoms with van der Waals surface area (Å²) in [7, 11) is 0. The molecule has 1 aliphatic rings. The molecule has 4 nitrogen and oxygen atoms in total. The number of imidazole rings is 1. The highest BCUT2D eigenvalue weighted by atomic mass is 16.2. The fourth-order valence-corrected chi connectivity index (χ4v) is 1.74. The normalized spacial score (nSPS) is 15.6. The summed E-state index contributed by atoms with van der Waals surface area (Å²) in [5.41, 5.74) is 1.13. The molecule has 0 amide bonds. The van der Waals surface area contributed by atoms with Crippen molar-refractivity contribution in [1.82, 2.24) is 14.9 Å². The van der Waals surface area contributed by atoms with Crippen molar-refractivity contribution in [3.05, 3.63) is 18.2 Å². The molecular weight excluding hydrogens is 202 g/mol. The van der Waals surface area contributed by atoms with Gasteiger partial charge in [0.05, 0.1) is 12.0 Å². The Kier molecular flexibility index (Phi) is 4.36. The Morgan fingerprint density at radius 2 is 2.25 bits per heavy atom. The van der Waals surface area contributed by atoms with Gasteiger partial charge in [-0.1, -0.05) is 0 Å². The number of nitrogens with zero attached hydrogens (tertiary/aromatic N) is 2. The first-order valence-electron chi connectivity index (χ1n) is 6.23. The van der Waals surface area contributed by atoms with Crippen molar-refractivity contribution in [2.75, 3.05) is 6.61 Å². The minimum atomic E-state index is 0.306. The number of aromatic nitrogens is 2. The van der Waals surface area contributed by atoms with Crippen LogP contribution in [0, 0.1) is 0 Å². The van der Waals surface area contributed by atoms with Crippen LogP contribution >= 0.6 is 0 Å². The van der Waals surface area contributed by atoms with Crippen molar-refractivity contribution in [3.63, 3.8) is 0 Å². The minimum absolute atomic E-state index is 0.306. The Morgan fingerprint density at radius 3 is 3.00 bits per heavy atom. The van der Waals surface area contributed by atoms with Gasteiger partial charge in [-0.05, 0) is 32.1 Å². The van der Waals surface area contributed by atoms with Crippen LogP contribution in [0.15, 0.2) is 12.5 Å². The summed E-state index contributed by atoms with van der Waals surface area (Å²) >= 11 is 0. The summed E-state index contributed by atoms with van der Waals surface area (Å²) in [6.07, 6.45) is 9.78. The zero-order valence-corrected chi connectivity index (χ0v) is 9.73. The molecule has 1 heterocycles. The summed E-state index contributed by atoms with van der Waals surface area (Å²) in [4.78, 5) is 4.37. The van der Waals surface area contributed by atoms with Crippen molar-refractivity contribution >= 4 is 0 Å². The average molecular weight is 223 g/mol. The van der Waals surface area contributed by atoms with Gasteiger partial charge in [0, 0.05) is 31.9 Å². The van der Waals surface area contributed by atoms with E-state index in [0.717, 1.165) is 44.1 Å². The molecule has 4 heteroatoms. The molecule has 1 fully saturated rings. The summed E-state index contributed by atoms with van der Waals surface area (Å²) in [6.45, 7) is 2.21. The topological polar surface area (TPSA) is 50.1 Å². The van der Waals surface area contributed by atoms with Gasteiger partial charge < -0.3 is 15.0 Å². The van der Waals surface area contributed by atoms with Crippen LogP contribution in [0.4, 0.5) is 0 Å². The lowest BCUT2D eigenvalue weighted by molar-refractivity contribution is 0.282. The molecule has 0 aliphatic heterocycles. The van der Waals surface area contributed by atoms with Gasteiger partial charge in [0.15, 0.2) is 0 Å². The maximum absolute atomic E-state index is 8.67. The van der Waals surface area contributed by atoms with E-state index < -0.39 is 0 Å². The van der Waals surface area contributed by atoms with E-state index in [9.17, 15) is 0 Å². The zero-order valence-electron chi connectivity index (χ0n) is 9.73. The Labute approximate surface area is 96.7 Å². The fourth-order valence-electron chi connectivity index (χ4n) is 1.74. The van der Waals surface area contributed by atoms with E-state index in [1.54, 1.807) is 0 Å². The highest BCUT2D eigenvalue weighted by Gasteiger charge is 2.20. The maximum atomic E-state index is 8.67. The van der Waals surface area contributed by atoms with Crippen molar-refractivity contribution < 1.29 is 5.11 Å². The Balaban J connectivity index is 1.64. The number of aliphatic hydroxyl groups is 1. The Hall–Kier alpha value is -0.870. The molecule has 0 bridgehead atoms. The first kappa shape index (κ1) is 11.6. The lowest BCUT2D eigenvalue weighted by Crippen LogP contribution is -2.15. The lowest BCUT2D eigenvalue weighted by Gasteiger charge is -2.01. The lowest BCUT2D eigenvalue weighted by atomic mass is 10.2. The SMILES string of the molecule is OCCCCCn1cnc(CNC2CC2)c1. The second-order valence-electron chi connectivity index (χ2n) is 4.54. The van der Waals surface area contributed by atoms with E-state index in [0.29, 0.717) is 6.61 Å². The molecule has 1 aliphatic carbocycles. The first-order valence-corrected chi connectivity index (χ1v) is 6.23. The molecule has 0 atom stereocenters. The van der Waals surface area contributed by atoms with Gasteiger partial charge in [0.2, 0.25) is 0 Å². The molecule has 1 aromatic heterocycles. The van der Waals surface area contributed by atoms with Crippen LogP contribution in [-0.2, 0) is 13.1 Å². The number of nitrogens with one attached hydrogen (secondary N) is 1. The Bertz CT molecular complexity index is 307. The van der Waals surface area contributed by atoms with E-state index in [1.807, 2.05) is 6.33 Å². The molecule has 0 saturated heterocycles. The third-order valence-electron chi connectivity index (χ3n) is 2.91. The molecule has 0 unspecified atom stereocenters. The molecule has 0 radical (unpaired) electrons. The van der Waals surface area contributed by atoms with Crippen LogP contribution in [0.25, 0.3) is 0 Å². The maximum Gasteiger partial charge on any atom is 0.0949 e. The standard InChI is InChI=1S/C12H21N3O/c16-7-3-1-2-6-15-9-12(14-10-15)8-13-11-4-5-11/h9-11,13,16H,1-8H2. The van der Waals surface area contributed by atoms with Crippen LogP contribution < -0.4 is 5.32 Å². The zero-order chi connectivity index (χ0) is 11.2. The van der Waals surface area contributed by atoms with E-state index in [4.69, 9.17) is 5.11 Å². The second-order valence-corrected chi connectivity index (χ2v) is 4.54. The predicted octanol–water partition coefficient (Wildman–Crippen LogP) is 1.30. The first-order chi connectivity index (χ1) is 7.88. The highest BCUT2D eigenvalue weighted by molar-refractivity contribution is 4.97. The second kappa shape index (κ2) is 6.01.